The molecule has 0 aromatic heterocycles. The molecule has 0 fully saturated rings. The summed E-state index contributed by atoms with van der Waals surface area (Å²) in [6.45, 7) is 0. The summed E-state index contributed by atoms with van der Waals surface area (Å²) in [5.74, 6) is -1.47. The number of Topliss-reactive ketones (excluding diaryl/α,β-unsaturated/α-hetero) is 1. The van der Waals surface area contributed by atoms with Crippen molar-refractivity contribution in [2.24, 2.45) is 0 Å². The van der Waals surface area contributed by atoms with Crippen LogP contribution in [0.4, 0.5) is 0 Å². The van der Waals surface area contributed by atoms with E-state index in [0.29, 0.717) is 5.56 Å². The van der Waals surface area contributed by atoms with Gasteiger partial charge in [-0.1, -0.05) is 36.4 Å². The fraction of sp³-hybridized carbons (Fsp3) is 0.0588. The molecule has 0 bridgehead atoms. The number of carbonyl (C=O) groups excluding carboxylic acids is 1. The summed E-state index contributed by atoms with van der Waals surface area (Å²) in [7, 11) is 0. The van der Waals surface area contributed by atoms with Crippen molar-refractivity contribution in [2.75, 3.05) is 0 Å². The van der Waals surface area contributed by atoms with Gasteiger partial charge in [0.25, 0.3) is 0 Å². The zero-order valence-electron chi connectivity index (χ0n) is 10.7. The van der Waals surface area contributed by atoms with E-state index in [0.717, 1.165) is 21.5 Å². The molecular weight excluding hydrogens is 252 g/mol. The smallest absolute Gasteiger partial charge is 0.311 e. The van der Waals surface area contributed by atoms with Gasteiger partial charge in [0.2, 0.25) is 0 Å². The molecule has 0 radical (unpaired) electrons. The van der Waals surface area contributed by atoms with Crippen LogP contribution in [0.25, 0.3) is 21.5 Å². The van der Waals surface area contributed by atoms with E-state index in [1.165, 1.54) is 0 Å². The van der Waals surface area contributed by atoms with Gasteiger partial charge in [0, 0.05) is 5.56 Å². The van der Waals surface area contributed by atoms with Gasteiger partial charge in [0.15, 0.2) is 5.78 Å². The average molecular weight is 264 g/mol. The molecule has 0 atom stereocenters. The molecule has 1 N–H and O–H groups in total. The number of benzene rings is 3. The Morgan fingerprint density at radius 1 is 0.800 bits per heavy atom. The lowest BCUT2D eigenvalue weighted by Crippen LogP contribution is -2.06. The number of hydrogen-bond donors (Lipinski definition) is 1. The lowest BCUT2D eigenvalue weighted by Gasteiger charge is -2.04. The van der Waals surface area contributed by atoms with E-state index in [4.69, 9.17) is 5.11 Å². The van der Waals surface area contributed by atoms with Crippen LogP contribution in [0.1, 0.15) is 16.8 Å². The summed E-state index contributed by atoms with van der Waals surface area (Å²) in [5, 5.41) is 12.9. The van der Waals surface area contributed by atoms with Crippen molar-refractivity contribution in [1.29, 1.82) is 0 Å². The molecule has 98 valence electrons. The molecule has 0 aliphatic rings. The standard InChI is InChI=1S/C17H12O3/c18-16(10-17(19)20)14-6-5-13-7-11-3-1-2-4-12(11)8-15(13)9-14/h1-9H,10H2,(H,19,20). The van der Waals surface area contributed by atoms with Gasteiger partial charge in [-0.05, 0) is 39.7 Å². The molecule has 0 aliphatic carbocycles. The van der Waals surface area contributed by atoms with Gasteiger partial charge in [-0.3, -0.25) is 9.59 Å². The number of hydrogen-bond acceptors (Lipinski definition) is 2. The van der Waals surface area contributed by atoms with Crippen molar-refractivity contribution >= 4 is 33.3 Å². The Balaban J connectivity index is 2.12. The second kappa shape index (κ2) is 4.78. The highest BCUT2D eigenvalue weighted by atomic mass is 16.4. The first kappa shape index (κ1) is 12.4. The van der Waals surface area contributed by atoms with Crippen LogP contribution in [0, 0.1) is 0 Å². The second-order valence-corrected chi connectivity index (χ2v) is 4.75. The molecule has 0 saturated heterocycles. The summed E-state index contributed by atoms with van der Waals surface area (Å²) in [5.41, 5.74) is 0.440. The predicted molar refractivity (Wildman–Crippen MR) is 78.0 cm³/mol. The number of fused-ring (bicyclic) bond motifs is 2. The Bertz CT molecular complexity index is 834. The summed E-state index contributed by atoms with van der Waals surface area (Å²) < 4.78 is 0. The zero-order chi connectivity index (χ0) is 14.1. The Morgan fingerprint density at radius 3 is 2.05 bits per heavy atom. The van der Waals surface area contributed by atoms with Crippen molar-refractivity contribution in [3.8, 4) is 0 Å². The van der Waals surface area contributed by atoms with Crippen LogP contribution in [0.15, 0.2) is 54.6 Å². The SMILES string of the molecule is O=C(O)CC(=O)c1ccc2cc3ccccc3cc2c1. The molecule has 0 unspecified atom stereocenters. The number of carboxylic acids is 1. The summed E-state index contributed by atoms with van der Waals surface area (Å²) >= 11 is 0. The van der Waals surface area contributed by atoms with Gasteiger partial charge < -0.3 is 5.11 Å². The van der Waals surface area contributed by atoms with Gasteiger partial charge in [0.05, 0.1) is 0 Å². The van der Waals surface area contributed by atoms with Gasteiger partial charge >= 0.3 is 5.97 Å². The fourth-order valence-corrected chi connectivity index (χ4v) is 2.35. The molecule has 3 aromatic rings. The molecule has 3 rings (SSSR count). The van der Waals surface area contributed by atoms with E-state index in [9.17, 15) is 9.59 Å². The van der Waals surface area contributed by atoms with Crippen molar-refractivity contribution in [1.82, 2.24) is 0 Å². The Labute approximate surface area is 115 Å². The topological polar surface area (TPSA) is 54.4 Å². The summed E-state index contributed by atoms with van der Waals surface area (Å²) in [6.07, 6.45) is -0.473. The summed E-state index contributed by atoms with van der Waals surface area (Å²) in [6, 6.07) is 17.4. The minimum absolute atomic E-state index is 0.368. The highest BCUT2D eigenvalue weighted by Crippen LogP contribution is 2.24. The van der Waals surface area contributed by atoms with E-state index in [1.54, 1.807) is 12.1 Å². The lowest BCUT2D eigenvalue weighted by molar-refractivity contribution is -0.135. The summed E-state index contributed by atoms with van der Waals surface area (Å²) in [4.78, 5) is 22.4. The maximum Gasteiger partial charge on any atom is 0.311 e. The molecule has 3 aromatic carbocycles. The second-order valence-electron chi connectivity index (χ2n) is 4.75. The van der Waals surface area contributed by atoms with Crippen molar-refractivity contribution in [3.63, 3.8) is 0 Å². The minimum atomic E-state index is -1.10. The van der Waals surface area contributed by atoms with Crippen LogP contribution in [-0.4, -0.2) is 16.9 Å². The highest BCUT2D eigenvalue weighted by Gasteiger charge is 2.11. The van der Waals surface area contributed by atoms with Gasteiger partial charge in [-0.25, -0.2) is 0 Å². The molecule has 3 nitrogen and oxygen atoms in total. The lowest BCUT2D eigenvalue weighted by atomic mass is 9.99. The zero-order valence-corrected chi connectivity index (χ0v) is 10.7. The van der Waals surface area contributed by atoms with Crippen LogP contribution in [0.3, 0.4) is 0 Å². The van der Waals surface area contributed by atoms with E-state index in [1.807, 2.05) is 36.4 Å². The van der Waals surface area contributed by atoms with Crippen molar-refractivity contribution in [3.05, 3.63) is 60.2 Å². The fourth-order valence-electron chi connectivity index (χ4n) is 2.35. The van der Waals surface area contributed by atoms with Crippen LogP contribution in [0.5, 0.6) is 0 Å². The molecule has 0 heterocycles. The average Bonchev–Trinajstić information content (AvgIpc) is 2.43. The Hall–Kier alpha value is -2.68. The van der Waals surface area contributed by atoms with Crippen molar-refractivity contribution in [2.45, 2.75) is 6.42 Å². The third kappa shape index (κ3) is 2.26. The van der Waals surface area contributed by atoms with Crippen LogP contribution >= 0.6 is 0 Å². The first-order valence-electron chi connectivity index (χ1n) is 6.31. The molecule has 20 heavy (non-hydrogen) atoms. The number of carbonyl (C=O) groups is 2. The molecule has 3 heteroatoms. The molecule has 0 aliphatic heterocycles. The molecular formula is C17H12O3. The third-order valence-corrected chi connectivity index (χ3v) is 3.34. The van der Waals surface area contributed by atoms with Gasteiger partial charge in [-0.15, -0.1) is 0 Å². The molecule has 0 spiro atoms. The molecule has 0 amide bonds. The normalized spacial score (nSPS) is 10.8. The monoisotopic (exact) mass is 264 g/mol. The van der Waals surface area contributed by atoms with Crippen LogP contribution < -0.4 is 0 Å². The van der Waals surface area contributed by atoms with E-state index in [-0.39, 0.29) is 5.78 Å². The number of rotatable bonds is 3. The molecule has 0 saturated carbocycles. The van der Waals surface area contributed by atoms with E-state index in [2.05, 4.69) is 6.07 Å². The Morgan fingerprint density at radius 2 is 1.40 bits per heavy atom. The quantitative estimate of drug-likeness (QED) is 0.446. The number of aliphatic carboxylic acids is 1. The van der Waals surface area contributed by atoms with Crippen LogP contribution in [0.2, 0.25) is 0 Å². The maximum atomic E-state index is 11.8. The third-order valence-electron chi connectivity index (χ3n) is 3.34. The Kier molecular flexibility index (Phi) is 2.95. The van der Waals surface area contributed by atoms with Crippen LogP contribution in [-0.2, 0) is 4.79 Å². The van der Waals surface area contributed by atoms with Crippen molar-refractivity contribution < 1.29 is 14.7 Å². The first-order chi connectivity index (χ1) is 9.63. The largest absolute Gasteiger partial charge is 0.481 e. The van der Waals surface area contributed by atoms with E-state index < -0.39 is 12.4 Å². The highest BCUT2D eigenvalue weighted by molar-refractivity contribution is 6.08. The number of ketones is 1. The van der Waals surface area contributed by atoms with Gasteiger partial charge in [-0.2, -0.15) is 0 Å². The van der Waals surface area contributed by atoms with Gasteiger partial charge in [0.1, 0.15) is 6.42 Å². The first-order valence-corrected chi connectivity index (χ1v) is 6.31. The maximum absolute atomic E-state index is 11.8. The van der Waals surface area contributed by atoms with E-state index >= 15 is 0 Å². The minimum Gasteiger partial charge on any atom is -0.481 e. The number of carboxylic acid groups (broad SMARTS) is 1. The predicted octanol–water partition coefficient (Wildman–Crippen LogP) is 3.65.